The number of benzene rings is 3. The number of carbonyl (C=O) groups excluding carboxylic acids is 2. The predicted octanol–water partition coefficient (Wildman–Crippen LogP) is 6.04. The van der Waals surface area contributed by atoms with E-state index in [4.69, 9.17) is 11.6 Å². The predicted molar refractivity (Wildman–Crippen MR) is 141 cm³/mol. The van der Waals surface area contributed by atoms with Crippen LogP contribution in [0.1, 0.15) is 49.3 Å². The molecular weight excluding hydrogens is 477 g/mol. The number of nitrogens with one attached hydrogen (secondary N) is 2. The number of hydrogen-bond acceptors (Lipinski definition) is 3. The first-order valence-electron chi connectivity index (χ1n) is 12.5. The molecule has 2 aliphatic rings. The van der Waals surface area contributed by atoms with Crippen molar-refractivity contribution in [3.8, 4) is 0 Å². The second-order valence-corrected chi connectivity index (χ2v) is 9.92. The summed E-state index contributed by atoms with van der Waals surface area (Å²) in [6.07, 6.45) is 5.53. The molecule has 3 aromatic carbocycles. The first-order chi connectivity index (χ1) is 17.5. The van der Waals surface area contributed by atoms with Crippen molar-refractivity contribution in [1.29, 1.82) is 0 Å². The van der Waals surface area contributed by atoms with E-state index in [-0.39, 0.29) is 17.9 Å². The van der Waals surface area contributed by atoms with Crippen LogP contribution in [0.3, 0.4) is 0 Å². The van der Waals surface area contributed by atoms with Gasteiger partial charge in [-0.3, -0.25) is 14.5 Å². The molecule has 1 aliphatic heterocycles. The third-order valence-corrected chi connectivity index (χ3v) is 7.40. The maximum Gasteiger partial charge on any atom is 0.250 e. The number of amides is 2. The fraction of sp³-hybridized carbons (Fsp3) is 0.310. The summed E-state index contributed by atoms with van der Waals surface area (Å²) in [5, 5.41) is 6.83. The third kappa shape index (κ3) is 5.09. The van der Waals surface area contributed by atoms with Crippen molar-refractivity contribution in [2.45, 2.75) is 56.7 Å². The Kier molecular flexibility index (Phi) is 7.23. The standard InChI is InChI=1S/C29H29ClFN3O2/c30-24-15-6-5-14-23(24)27(28(35)32-21-11-2-1-3-12-21)34(22-13-8-10-20(31)18-22)29(36)26-17-19-9-4-7-16-25(19)33-26/h4-10,13-16,18,21,26-27,33H,1-3,11-12,17H2,(H,32,35)/t26-,27+/m0/s1. The summed E-state index contributed by atoms with van der Waals surface area (Å²) in [6, 6.07) is 19.0. The van der Waals surface area contributed by atoms with Crippen molar-refractivity contribution in [1.82, 2.24) is 5.32 Å². The number of rotatable bonds is 6. The van der Waals surface area contributed by atoms with Gasteiger partial charge in [0, 0.05) is 34.4 Å². The molecule has 1 fully saturated rings. The van der Waals surface area contributed by atoms with Gasteiger partial charge in [0.25, 0.3) is 5.91 Å². The second kappa shape index (κ2) is 10.7. The lowest BCUT2D eigenvalue weighted by molar-refractivity contribution is -0.127. The molecule has 186 valence electrons. The van der Waals surface area contributed by atoms with Crippen LogP contribution in [0.15, 0.2) is 72.8 Å². The van der Waals surface area contributed by atoms with Crippen LogP contribution in [-0.2, 0) is 16.0 Å². The lowest BCUT2D eigenvalue weighted by Crippen LogP contribution is -2.51. The zero-order valence-electron chi connectivity index (χ0n) is 19.9. The molecule has 2 N–H and O–H groups in total. The molecule has 0 bridgehead atoms. The number of anilines is 2. The quantitative estimate of drug-likeness (QED) is 0.429. The third-order valence-electron chi connectivity index (χ3n) is 7.05. The van der Waals surface area contributed by atoms with Gasteiger partial charge in [-0.15, -0.1) is 0 Å². The summed E-state index contributed by atoms with van der Waals surface area (Å²) in [7, 11) is 0. The van der Waals surface area contributed by atoms with Crippen LogP contribution < -0.4 is 15.5 Å². The molecular formula is C29H29ClFN3O2. The average Bonchev–Trinajstić information content (AvgIpc) is 3.32. The van der Waals surface area contributed by atoms with Crippen molar-refractivity contribution in [3.63, 3.8) is 0 Å². The van der Waals surface area contributed by atoms with Crippen molar-refractivity contribution >= 4 is 34.8 Å². The highest BCUT2D eigenvalue weighted by Gasteiger charge is 2.39. The van der Waals surface area contributed by atoms with E-state index in [1.54, 1.807) is 36.4 Å². The fourth-order valence-corrected chi connectivity index (χ4v) is 5.50. The van der Waals surface area contributed by atoms with E-state index in [9.17, 15) is 14.0 Å². The topological polar surface area (TPSA) is 61.4 Å². The molecule has 1 heterocycles. The Morgan fingerprint density at radius 1 is 0.972 bits per heavy atom. The lowest BCUT2D eigenvalue weighted by atomic mass is 9.94. The molecule has 2 amide bonds. The molecule has 3 aromatic rings. The molecule has 0 unspecified atom stereocenters. The lowest BCUT2D eigenvalue weighted by Gasteiger charge is -2.35. The Morgan fingerprint density at radius 2 is 1.72 bits per heavy atom. The highest BCUT2D eigenvalue weighted by atomic mass is 35.5. The summed E-state index contributed by atoms with van der Waals surface area (Å²) in [4.78, 5) is 29.5. The normalized spacial score (nSPS) is 18.1. The van der Waals surface area contributed by atoms with Gasteiger partial charge in [0.05, 0.1) is 0 Å². The van der Waals surface area contributed by atoms with Crippen molar-refractivity contribution in [3.05, 3.63) is 94.8 Å². The average molecular weight is 506 g/mol. The van der Waals surface area contributed by atoms with Crippen LogP contribution in [0.25, 0.3) is 0 Å². The molecule has 1 aliphatic carbocycles. The van der Waals surface area contributed by atoms with Crippen LogP contribution in [0, 0.1) is 5.82 Å². The van der Waals surface area contributed by atoms with E-state index in [1.165, 1.54) is 17.0 Å². The zero-order valence-corrected chi connectivity index (χ0v) is 20.7. The van der Waals surface area contributed by atoms with Gasteiger partial charge in [-0.25, -0.2) is 4.39 Å². The summed E-state index contributed by atoms with van der Waals surface area (Å²) < 4.78 is 14.4. The smallest absolute Gasteiger partial charge is 0.250 e. The first kappa shape index (κ1) is 24.3. The van der Waals surface area contributed by atoms with Crippen molar-refractivity contribution in [2.24, 2.45) is 0 Å². The van der Waals surface area contributed by atoms with Gasteiger partial charge in [0.1, 0.15) is 17.9 Å². The van der Waals surface area contributed by atoms with Gasteiger partial charge in [0.2, 0.25) is 5.91 Å². The molecule has 5 nitrogen and oxygen atoms in total. The molecule has 1 saturated carbocycles. The minimum Gasteiger partial charge on any atom is -0.373 e. The highest BCUT2D eigenvalue weighted by Crippen LogP contribution is 2.35. The highest BCUT2D eigenvalue weighted by molar-refractivity contribution is 6.31. The summed E-state index contributed by atoms with van der Waals surface area (Å²) in [5.74, 6) is -1.12. The minimum absolute atomic E-state index is 0.0366. The first-order valence-corrected chi connectivity index (χ1v) is 12.9. The fourth-order valence-electron chi connectivity index (χ4n) is 5.27. The molecule has 7 heteroatoms. The largest absolute Gasteiger partial charge is 0.373 e. The number of nitrogens with zero attached hydrogens (tertiary/aromatic N) is 1. The van der Waals surface area contributed by atoms with Gasteiger partial charge in [-0.05, 0) is 48.7 Å². The Morgan fingerprint density at radius 3 is 2.47 bits per heavy atom. The minimum atomic E-state index is -1.06. The number of carbonyl (C=O) groups is 2. The molecule has 36 heavy (non-hydrogen) atoms. The molecule has 0 radical (unpaired) electrons. The Labute approximate surface area is 215 Å². The Hall–Kier alpha value is -3.38. The number of fused-ring (bicyclic) bond motifs is 1. The van der Waals surface area contributed by atoms with Crippen LogP contribution >= 0.6 is 11.6 Å². The number of hydrogen-bond donors (Lipinski definition) is 2. The van der Waals surface area contributed by atoms with Crippen LogP contribution in [0.4, 0.5) is 15.8 Å². The zero-order chi connectivity index (χ0) is 25.1. The van der Waals surface area contributed by atoms with Crippen molar-refractivity contribution < 1.29 is 14.0 Å². The summed E-state index contributed by atoms with van der Waals surface area (Å²) in [5.41, 5.74) is 2.72. The Balaban J connectivity index is 1.56. The number of para-hydroxylation sites is 1. The van der Waals surface area contributed by atoms with Gasteiger partial charge < -0.3 is 10.6 Å². The van der Waals surface area contributed by atoms with Crippen LogP contribution in [0.2, 0.25) is 5.02 Å². The number of halogens is 2. The van der Waals surface area contributed by atoms with Crippen LogP contribution in [0.5, 0.6) is 0 Å². The Bertz CT molecular complexity index is 1240. The molecule has 0 spiro atoms. The molecule has 0 saturated heterocycles. The summed E-state index contributed by atoms with van der Waals surface area (Å²) in [6.45, 7) is 0. The van der Waals surface area contributed by atoms with E-state index in [2.05, 4.69) is 10.6 Å². The van der Waals surface area contributed by atoms with Crippen molar-refractivity contribution in [2.75, 3.05) is 10.2 Å². The van der Waals surface area contributed by atoms with E-state index in [1.807, 2.05) is 24.3 Å². The van der Waals surface area contributed by atoms with Gasteiger partial charge >= 0.3 is 0 Å². The maximum atomic E-state index is 14.4. The second-order valence-electron chi connectivity index (χ2n) is 9.51. The van der Waals surface area contributed by atoms with E-state index in [0.29, 0.717) is 22.7 Å². The molecule has 5 rings (SSSR count). The summed E-state index contributed by atoms with van der Waals surface area (Å²) >= 11 is 6.60. The van der Waals surface area contributed by atoms with E-state index < -0.39 is 17.9 Å². The van der Waals surface area contributed by atoms with Gasteiger partial charge in [-0.1, -0.05) is 73.3 Å². The monoisotopic (exact) mass is 505 g/mol. The van der Waals surface area contributed by atoms with Gasteiger partial charge in [0.15, 0.2) is 0 Å². The molecule has 0 aromatic heterocycles. The SMILES string of the molecule is O=C(NC1CCCCC1)[C@@H](c1ccccc1Cl)N(C(=O)[C@@H]1Cc2ccccc2N1)c1cccc(F)c1. The van der Waals surface area contributed by atoms with E-state index in [0.717, 1.165) is 43.4 Å². The molecule has 2 atom stereocenters. The van der Waals surface area contributed by atoms with Gasteiger partial charge in [-0.2, -0.15) is 0 Å². The maximum absolute atomic E-state index is 14.4. The van der Waals surface area contributed by atoms with Crippen LogP contribution in [-0.4, -0.2) is 23.9 Å². The van der Waals surface area contributed by atoms with E-state index >= 15 is 0 Å².